The molecule has 1 aromatic heterocycles. The van der Waals surface area contributed by atoms with Crippen molar-refractivity contribution in [3.8, 4) is 5.75 Å². The van der Waals surface area contributed by atoms with E-state index in [1.807, 2.05) is 24.4 Å². The maximum atomic E-state index is 14.0. The Hall–Kier alpha value is -3.45. The van der Waals surface area contributed by atoms with Gasteiger partial charge in [-0.15, -0.1) is 0 Å². The second-order valence-electron chi connectivity index (χ2n) is 12.1. The summed E-state index contributed by atoms with van der Waals surface area (Å²) < 4.78 is 52.2. The van der Waals surface area contributed by atoms with E-state index in [2.05, 4.69) is 20.1 Å². The zero-order valence-corrected chi connectivity index (χ0v) is 25.5. The van der Waals surface area contributed by atoms with Gasteiger partial charge >= 0.3 is 5.97 Å². The van der Waals surface area contributed by atoms with Gasteiger partial charge in [0.05, 0.1) is 38.4 Å². The second kappa shape index (κ2) is 14.8. The third kappa shape index (κ3) is 8.23. The molecule has 0 amide bonds. The molecular weight excluding hydrogens is 589 g/mol. The summed E-state index contributed by atoms with van der Waals surface area (Å²) in [6.07, 6.45) is 3.09. The van der Waals surface area contributed by atoms with E-state index in [1.54, 1.807) is 7.11 Å². The van der Waals surface area contributed by atoms with E-state index in [0.717, 1.165) is 35.1 Å². The van der Waals surface area contributed by atoms with Gasteiger partial charge in [0.2, 0.25) is 0 Å². The number of aliphatic carboxylic acids is 1. The number of piperidine rings is 1. The average Bonchev–Trinajstić information content (AvgIpc) is 3.02. The summed E-state index contributed by atoms with van der Waals surface area (Å²) >= 11 is 0. The molecule has 2 aliphatic rings. The topological polar surface area (TPSA) is 107 Å². The number of fused-ring (bicyclic) bond motifs is 1. The van der Waals surface area contributed by atoms with Crippen LogP contribution in [-0.4, -0.2) is 90.6 Å². The van der Waals surface area contributed by atoms with Gasteiger partial charge in [-0.2, -0.15) is 0 Å². The van der Waals surface area contributed by atoms with Gasteiger partial charge in [-0.1, -0.05) is 0 Å². The Balaban J connectivity index is 1.27. The Morgan fingerprint density at radius 3 is 2.47 bits per heavy atom. The van der Waals surface area contributed by atoms with Gasteiger partial charge in [0, 0.05) is 56.4 Å². The highest BCUT2D eigenvalue weighted by molar-refractivity contribution is 5.85. The van der Waals surface area contributed by atoms with Crippen LogP contribution in [0, 0.1) is 22.9 Å². The summed E-state index contributed by atoms with van der Waals surface area (Å²) in [6.45, 7) is 5.43. The minimum absolute atomic E-state index is 0.0106. The molecule has 3 aromatic rings. The maximum Gasteiger partial charge on any atom is 0.303 e. The van der Waals surface area contributed by atoms with Crippen LogP contribution >= 0.6 is 0 Å². The SMILES string of the molecule is COc1ccc2ncc(CN3CCOCC3)c(C(O)CCC3(CC(=O)O)CCN(CCNc4c(F)cc(F)cc4F)CC3)c2c1. The lowest BCUT2D eigenvalue weighted by Crippen LogP contribution is -2.43. The molecule has 2 fully saturated rings. The fourth-order valence-corrected chi connectivity index (χ4v) is 6.60. The van der Waals surface area contributed by atoms with Crippen LogP contribution in [0.25, 0.3) is 10.9 Å². The number of halogens is 3. The fraction of sp³-hybridized carbons (Fsp3) is 0.515. The van der Waals surface area contributed by atoms with E-state index in [4.69, 9.17) is 9.47 Å². The Morgan fingerprint density at radius 1 is 1.09 bits per heavy atom. The van der Waals surface area contributed by atoms with Crippen LogP contribution < -0.4 is 10.1 Å². The largest absolute Gasteiger partial charge is 0.497 e. The molecule has 1 atom stereocenters. The van der Waals surface area contributed by atoms with Crippen molar-refractivity contribution in [2.24, 2.45) is 5.41 Å². The number of methoxy groups -OCH3 is 1. The van der Waals surface area contributed by atoms with Crippen molar-refractivity contribution in [2.45, 2.75) is 44.8 Å². The molecule has 0 radical (unpaired) electrons. The van der Waals surface area contributed by atoms with Crippen LogP contribution in [0.4, 0.5) is 18.9 Å². The molecule has 0 spiro atoms. The number of likely N-dealkylation sites (tertiary alicyclic amines) is 1. The first-order chi connectivity index (χ1) is 21.7. The lowest BCUT2D eigenvalue weighted by Gasteiger charge is -2.42. The van der Waals surface area contributed by atoms with Gasteiger partial charge < -0.3 is 29.9 Å². The number of morpholine rings is 1. The van der Waals surface area contributed by atoms with Crippen LogP contribution in [0.2, 0.25) is 0 Å². The minimum Gasteiger partial charge on any atom is -0.497 e. The van der Waals surface area contributed by atoms with Crippen molar-refractivity contribution in [3.05, 3.63) is 65.1 Å². The van der Waals surface area contributed by atoms with Gasteiger partial charge in [0.25, 0.3) is 0 Å². The molecule has 9 nitrogen and oxygen atoms in total. The minimum atomic E-state index is -0.987. The van der Waals surface area contributed by atoms with Gasteiger partial charge in [-0.05, 0) is 73.5 Å². The standard InChI is InChI=1S/C33H41F3N4O5/c1-44-24-2-3-28-25(18-24)31(22(20-38-28)21-40-12-14-45-15-13-40)29(41)4-5-33(19-30(42)43)6-9-39(10-7-33)11-8-37-32-26(35)16-23(34)17-27(32)36/h2-3,16-18,20,29,37,41H,4-15,19,21H2,1H3,(H,42,43). The van der Waals surface area contributed by atoms with Crippen molar-refractivity contribution in [1.29, 1.82) is 0 Å². The zero-order chi connectivity index (χ0) is 32.0. The molecule has 3 heterocycles. The van der Waals surface area contributed by atoms with Crippen LogP contribution in [-0.2, 0) is 16.1 Å². The number of aliphatic hydroxyl groups is 1. The Morgan fingerprint density at radius 2 is 1.80 bits per heavy atom. The Kier molecular flexibility index (Phi) is 10.8. The number of ether oxygens (including phenoxy) is 2. The number of nitrogens with one attached hydrogen (secondary N) is 1. The summed E-state index contributed by atoms with van der Waals surface area (Å²) in [4.78, 5) is 21.0. The lowest BCUT2D eigenvalue weighted by molar-refractivity contribution is -0.141. The van der Waals surface area contributed by atoms with E-state index in [9.17, 15) is 28.2 Å². The van der Waals surface area contributed by atoms with E-state index in [-0.39, 0.29) is 18.7 Å². The number of hydrogen-bond donors (Lipinski definition) is 3. The molecular formula is C33H41F3N4O5. The van der Waals surface area contributed by atoms with E-state index in [0.29, 0.717) is 83.0 Å². The third-order valence-corrected chi connectivity index (χ3v) is 9.16. The first-order valence-electron chi connectivity index (χ1n) is 15.4. The summed E-state index contributed by atoms with van der Waals surface area (Å²) in [6, 6.07) is 6.88. The van der Waals surface area contributed by atoms with Gasteiger partial charge in [0.1, 0.15) is 17.3 Å². The highest BCUT2D eigenvalue weighted by Gasteiger charge is 2.37. The number of benzene rings is 2. The smallest absolute Gasteiger partial charge is 0.303 e. The number of carboxylic acids is 1. The number of carbonyl (C=O) groups is 1. The Labute approximate surface area is 260 Å². The molecule has 2 aromatic carbocycles. The lowest BCUT2D eigenvalue weighted by atomic mass is 9.71. The summed E-state index contributed by atoms with van der Waals surface area (Å²) in [5.41, 5.74) is 1.60. The first-order valence-corrected chi connectivity index (χ1v) is 15.4. The molecule has 2 aliphatic heterocycles. The molecule has 1 unspecified atom stereocenters. The quantitative estimate of drug-likeness (QED) is 0.241. The molecule has 3 N–H and O–H groups in total. The molecule has 12 heteroatoms. The number of aliphatic hydroxyl groups excluding tert-OH is 1. The van der Waals surface area contributed by atoms with E-state index < -0.39 is 34.9 Å². The molecule has 0 bridgehead atoms. The predicted octanol–water partition coefficient (Wildman–Crippen LogP) is 4.98. The van der Waals surface area contributed by atoms with Gasteiger partial charge in [-0.25, -0.2) is 13.2 Å². The number of aromatic nitrogens is 1. The van der Waals surface area contributed by atoms with Crippen LogP contribution in [0.1, 0.15) is 49.3 Å². The average molecular weight is 631 g/mol. The molecule has 244 valence electrons. The van der Waals surface area contributed by atoms with Crippen molar-refractivity contribution < 1.29 is 37.7 Å². The molecule has 0 aliphatic carbocycles. The van der Waals surface area contributed by atoms with Crippen LogP contribution in [0.3, 0.4) is 0 Å². The van der Waals surface area contributed by atoms with E-state index >= 15 is 0 Å². The van der Waals surface area contributed by atoms with Crippen molar-refractivity contribution in [3.63, 3.8) is 0 Å². The fourth-order valence-electron chi connectivity index (χ4n) is 6.60. The molecule has 0 saturated carbocycles. The van der Waals surface area contributed by atoms with Crippen molar-refractivity contribution >= 4 is 22.6 Å². The predicted molar refractivity (Wildman–Crippen MR) is 164 cm³/mol. The second-order valence-corrected chi connectivity index (χ2v) is 12.1. The number of pyridine rings is 1. The molecule has 5 rings (SSSR count). The zero-order valence-electron chi connectivity index (χ0n) is 25.5. The van der Waals surface area contributed by atoms with Crippen LogP contribution in [0.5, 0.6) is 5.75 Å². The normalized spacial score (nSPS) is 18.2. The maximum absolute atomic E-state index is 14.0. The number of nitrogens with zero attached hydrogens (tertiary/aromatic N) is 3. The number of rotatable bonds is 13. The number of hydrogen-bond acceptors (Lipinski definition) is 8. The number of carboxylic acid groups (broad SMARTS) is 1. The molecule has 2 saturated heterocycles. The highest BCUT2D eigenvalue weighted by atomic mass is 19.1. The van der Waals surface area contributed by atoms with Crippen molar-refractivity contribution in [1.82, 2.24) is 14.8 Å². The highest BCUT2D eigenvalue weighted by Crippen LogP contribution is 2.42. The third-order valence-electron chi connectivity index (χ3n) is 9.16. The first kappa shape index (κ1) is 32.9. The summed E-state index contributed by atoms with van der Waals surface area (Å²) in [5.74, 6) is -3.17. The summed E-state index contributed by atoms with van der Waals surface area (Å²) in [7, 11) is 1.60. The van der Waals surface area contributed by atoms with Gasteiger partial charge in [-0.3, -0.25) is 14.7 Å². The molecule has 45 heavy (non-hydrogen) atoms. The van der Waals surface area contributed by atoms with E-state index in [1.165, 1.54) is 0 Å². The van der Waals surface area contributed by atoms with Crippen molar-refractivity contribution in [2.75, 3.05) is 64.9 Å². The monoisotopic (exact) mass is 630 g/mol. The Bertz CT molecular complexity index is 1460. The van der Waals surface area contributed by atoms with Crippen LogP contribution in [0.15, 0.2) is 36.5 Å². The summed E-state index contributed by atoms with van der Waals surface area (Å²) in [5, 5.41) is 25.1. The number of anilines is 1. The van der Waals surface area contributed by atoms with Gasteiger partial charge in [0.15, 0.2) is 11.6 Å².